The molecule has 0 bridgehead atoms. The zero-order valence-electron chi connectivity index (χ0n) is 26.3. The van der Waals surface area contributed by atoms with E-state index < -0.39 is 5.79 Å². The van der Waals surface area contributed by atoms with Crippen molar-refractivity contribution in [3.63, 3.8) is 0 Å². The lowest BCUT2D eigenvalue weighted by atomic mass is 9.43. The maximum atomic E-state index is 7.06. The molecule has 4 unspecified atom stereocenters. The van der Waals surface area contributed by atoms with Crippen LogP contribution >= 0.6 is 0 Å². The Morgan fingerprint density at radius 3 is 2.07 bits per heavy atom. The Labute approximate surface area is 253 Å². The molecule has 0 spiro atoms. The number of fused-ring (bicyclic) bond motifs is 8. The molecule has 10 atom stereocenters. The van der Waals surface area contributed by atoms with Crippen molar-refractivity contribution in [1.82, 2.24) is 0 Å². The third kappa shape index (κ3) is 4.72. The molecule has 2 aromatic rings. The SMILES string of the molecule is CC=C1CCC2C3C(CC[C@]12C)[C@]1(C)C(C[C@H](OCc2ccccc2)C[C@@H]1OCc1ccccc1)[C@H]1OC(C)(C)O[C@H]31. The van der Waals surface area contributed by atoms with Crippen molar-refractivity contribution < 1.29 is 18.9 Å². The lowest BCUT2D eigenvalue weighted by Crippen LogP contribution is -2.67. The fourth-order valence-electron chi connectivity index (χ4n) is 10.4. The zero-order valence-corrected chi connectivity index (χ0v) is 26.3. The standard InChI is InChI=1S/C38H50O4/c1-6-27-17-18-29-33-30(19-20-37(27,29)4)38(5)31(34-35(33)42-36(2,3)41-34)21-28(39-23-25-13-9-7-10-14-25)22-32(38)40-24-26-15-11-8-12-16-26/h6-16,28-35H,17-24H2,1-5H3/t28-,29?,30?,31?,32-,33?,34+,35+,37+,38+/m0/s1. The van der Waals surface area contributed by atoms with Crippen molar-refractivity contribution in [2.24, 2.45) is 34.5 Å². The van der Waals surface area contributed by atoms with E-state index in [1.807, 2.05) is 0 Å². The summed E-state index contributed by atoms with van der Waals surface area (Å²) in [6, 6.07) is 21.3. The predicted octanol–water partition coefficient (Wildman–Crippen LogP) is 8.50. The zero-order chi connectivity index (χ0) is 29.1. The highest BCUT2D eigenvalue weighted by atomic mass is 16.8. The van der Waals surface area contributed by atoms with Gasteiger partial charge in [-0.05, 0) is 93.1 Å². The lowest BCUT2D eigenvalue weighted by molar-refractivity contribution is -0.240. The summed E-state index contributed by atoms with van der Waals surface area (Å²) in [6.07, 6.45) is 9.77. The highest BCUT2D eigenvalue weighted by Crippen LogP contribution is 2.69. The summed E-state index contributed by atoms with van der Waals surface area (Å²) in [6.45, 7) is 12.9. The number of ether oxygens (including phenoxy) is 4. The summed E-state index contributed by atoms with van der Waals surface area (Å²) in [5.74, 6) is 1.42. The maximum Gasteiger partial charge on any atom is 0.163 e. The summed E-state index contributed by atoms with van der Waals surface area (Å²) in [7, 11) is 0. The Morgan fingerprint density at radius 2 is 1.40 bits per heavy atom. The molecular formula is C38H50O4. The van der Waals surface area contributed by atoms with Gasteiger partial charge in [0, 0.05) is 11.8 Å². The molecule has 1 saturated heterocycles. The fraction of sp³-hybridized carbons (Fsp3) is 0.632. The van der Waals surface area contributed by atoms with Crippen LogP contribution in [0.3, 0.4) is 0 Å². The van der Waals surface area contributed by atoms with E-state index in [-0.39, 0.29) is 35.2 Å². The Hall–Kier alpha value is -1.98. The molecule has 5 aliphatic rings. The Kier molecular flexibility index (Phi) is 7.45. The molecule has 0 radical (unpaired) electrons. The van der Waals surface area contributed by atoms with Crippen LogP contribution in [0.15, 0.2) is 72.3 Å². The summed E-state index contributed by atoms with van der Waals surface area (Å²) < 4.78 is 27.7. The first-order chi connectivity index (χ1) is 20.2. The van der Waals surface area contributed by atoms with E-state index in [1.54, 1.807) is 5.57 Å². The Bertz CT molecular complexity index is 1270. The highest BCUT2D eigenvalue weighted by molar-refractivity contribution is 5.26. The van der Waals surface area contributed by atoms with Gasteiger partial charge in [0.25, 0.3) is 0 Å². The molecule has 0 aromatic heterocycles. The topological polar surface area (TPSA) is 36.9 Å². The number of allylic oxidation sites excluding steroid dienone is 2. The largest absolute Gasteiger partial charge is 0.373 e. The summed E-state index contributed by atoms with van der Waals surface area (Å²) in [4.78, 5) is 0. The first kappa shape index (κ1) is 28.8. The average molecular weight is 571 g/mol. The summed E-state index contributed by atoms with van der Waals surface area (Å²) in [5.41, 5.74) is 4.40. The van der Waals surface area contributed by atoms with E-state index in [9.17, 15) is 0 Å². The smallest absolute Gasteiger partial charge is 0.163 e. The van der Waals surface area contributed by atoms with Crippen molar-refractivity contribution in [1.29, 1.82) is 0 Å². The molecule has 7 rings (SSSR count). The van der Waals surface area contributed by atoms with Crippen molar-refractivity contribution in [3.8, 4) is 0 Å². The van der Waals surface area contributed by atoms with Crippen molar-refractivity contribution in [2.75, 3.05) is 0 Å². The molecule has 4 saturated carbocycles. The van der Waals surface area contributed by atoms with E-state index in [1.165, 1.54) is 36.8 Å². The van der Waals surface area contributed by atoms with Gasteiger partial charge in [0.2, 0.25) is 0 Å². The molecule has 226 valence electrons. The molecule has 1 heterocycles. The number of hydrogen-bond donors (Lipinski definition) is 0. The molecular weight excluding hydrogens is 520 g/mol. The van der Waals surface area contributed by atoms with Gasteiger partial charge in [-0.1, -0.05) is 86.2 Å². The molecule has 4 nitrogen and oxygen atoms in total. The molecule has 2 aromatic carbocycles. The molecule has 5 fully saturated rings. The van der Waals surface area contributed by atoms with E-state index >= 15 is 0 Å². The number of hydrogen-bond acceptors (Lipinski definition) is 4. The van der Waals surface area contributed by atoms with Gasteiger partial charge in [-0.15, -0.1) is 0 Å². The minimum Gasteiger partial charge on any atom is -0.373 e. The van der Waals surface area contributed by atoms with Crippen LogP contribution in [0, 0.1) is 34.5 Å². The maximum absolute atomic E-state index is 7.06. The van der Waals surface area contributed by atoms with Crippen molar-refractivity contribution >= 4 is 0 Å². The fourth-order valence-corrected chi connectivity index (χ4v) is 10.4. The van der Waals surface area contributed by atoms with Gasteiger partial charge < -0.3 is 18.9 Å². The normalized spacial score (nSPS) is 42.9. The Morgan fingerprint density at radius 1 is 0.762 bits per heavy atom. The Balaban J connectivity index is 1.25. The van der Waals surface area contributed by atoms with Crippen molar-refractivity contribution in [3.05, 3.63) is 83.4 Å². The van der Waals surface area contributed by atoms with Gasteiger partial charge in [-0.2, -0.15) is 0 Å². The number of rotatable bonds is 6. The van der Waals surface area contributed by atoms with Crippen LogP contribution in [0.25, 0.3) is 0 Å². The third-order valence-corrected chi connectivity index (χ3v) is 12.4. The van der Waals surface area contributed by atoms with Crippen LogP contribution in [0.2, 0.25) is 0 Å². The van der Waals surface area contributed by atoms with Crippen LogP contribution in [-0.2, 0) is 32.2 Å². The molecule has 1 aliphatic heterocycles. The second-order valence-electron chi connectivity index (χ2n) is 14.8. The highest BCUT2D eigenvalue weighted by Gasteiger charge is 2.70. The molecule has 0 amide bonds. The first-order valence-electron chi connectivity index (χ1n) is 16.6. The molecule has 4 heteroatoms. The number of benzene rings is 2. The summed E-state index contributed by atoms with van der Waals surface area (Å²) >= 11 is 0. The van der Waals surface area contributed by atoms with Crippen LogP contribution in [-0.4, -0.2) is 30.2 Å². The summed E-state index contributed by atoms with van der Waals surface area (Å²) in [5, 5.41) is 0. The predicted molar refractivity (Wildman–Crippen MR) is 165 cm³/mol. The van der Waals surface area contributed by atoms with E-state index in [2.05, 4.69) is 101 Å². The van der Waals surface area contributed by atoms with Crippen LogP contribution in [0.5, 0.6) is 0 Å². The lowest BCUT2D eigenvalue weighted by Gasteiger charge is -2.64. The van der Waals surface area contributed by atoms with Crippen LogP contribution in [0.4, 0.5) is 0 Å². The van der Waals surface area contributed by atoms with Gasteiger partial charge in [0.15, 0.2) is 5.79 Å². The molecule has 42 heavy (non-hydrogen) atoms. The monoisotopic (exact) mass is 570 g/mol. The van der Waals surface area contributed by atoms with Crippen LogP contribution < -0.4 is 0 Å². The minimum atomic E-state index is -0.570. The van der Waals surface area contributed by atoms with Gasteiger partial charge in [-0.25, -0.2) is 0 Å². The quantitative estimate of drug-likeness (QED) is 0.326. The minimum absolute atomic E-state index is 0.00296. The van der Waals surface area contributed by atoms with Crippen LogP contribution in [0.1, 0.15) is 84.3 Å². The molecule has 0 N–H and O–H groups in total. The van der Waals surface area contributed by atoms with E-state index in [4.69, 9.17) is 18.9 Å². The van der Waals surface area contributed by atoms with Gasteiger partial charge in [0.05, 0.1) is 37.6 Å². The second kappa shape index (κ2) is 10.9. The van der Waals surface area contributed by atoms with Gasteiger partial charge >= 0.3 is 0 Å². The van der Waals surface area contributed by atoms with Gasteiger partial charge in [-0.3, -0.25) is 0 Å². The van der Waals surface area contributed by atoms with E-state index in [0.717, 1.165) is 12.8 Å². The molecule has 4 aliphatic carbocycles. The van der Waals surface area contributed by atoms with Gasteiger partial charge in [0.1, 0.15) is 0 Å². The third-order valence-electron chi connectivity index (χ3n) is 12.4. The van der Waals surface area contributed by atoms with Crippen molar-refractivity contribution in [2.45, 2.75) is 117 Å². The second-order valence-corrected chi connectivity index (χ2v) is 14.8. The first-order valence-corrected chi connectivity index (χ1v) is 16.6. The van der Waals surface area contributed by atoms with E-state index in [0.29, 0.717) is 36.9 Å². The average Bonchev–Trinajstić information content (AvgIpc) is 3.51.